The highest BCUT2D eigenvalue weighted by Gasteiger charge is 2.66. The summed E-state index contributed by atoms with van der Waals surface area (Å²) in [5, 5.41) is 7.16. The standard InChI is InChI=1S/C25H31NO.C24H28N2.C22H27NO.C21H26N2O.C20H24N2.C17H20N2/c1-17-12-13-20-19-10-6-7-11-21(19)27-23(20)22(17)26-18(2)25(16-24(26,3)4)14-8-5-9-15-25;1-15-6-3-4-8-22(15)26-16(2)24(21-7-5-9-25-23(21)26)19-11-17-10-18(13-19)14-20(24)12-17;1-14-11-12-17-16-9-7-8-10-18(16)24-20(17)19(14)23-15(2)21(3,4)13-22(23,5)6;1-13-9-10-15-16-8-7-11-22-19(16)24-18(15)17(13)23-14(2)20(3,4)12-21(23,5)6;1-15-9-4-5-11-18(15)22-16(2)20(12-6-3-7-13-20)17-10-8-14-21-19(17)22;1-12-8-5-6-10-15(12)19-13(2)17(3,4)14-9-7-11-18-16(14)19/h6-7,10-13,18H,5,8-9,14-16H2,1-4H3;3-9,16-20H,10-14H2,1-2H3;7-12,15H,13H2,1-6H3;7-11,14H,12H2,1-6H3;4-5,8-11,14,16H,3,6-7,12-13H2,1-2H3;5-11,13H,1-4H3. The molecule has 3 saturated heterocycles. The van der Waals surface area contributed by atoms with Crippen molar-refractivity contribution >= 4 is 118 Å². The van der Waals surface area contributed by atoms with Crippen molar-refractivity contribution in [1.29, 1.82) is 0 Å². The number of anilines is 9. The third-order valence-corrected chi connectivity index (χ3v) is 38.2. The zero-order valence-corrected chi connectivity index (χ0v) is 89.6. The van der Waals surface area contributed by atoms with Crippen molar-refractivity contribution in [2.24, 2.45) is 39.9 Å². The van der Waals surface area contributed by atoms with Crippen molar-refractivity contribution in [3.8, 4) is 0 Å². The number of hydrogen-bond donors (Lipinski definition) is 0. The first-order valence-corrected chi connectivity index (χ1v) is 54.2. The fourth-order valence-corrected chi connectivity index (χ4v) is 31.5. The molecule has 6 aliphatic heterocycles. The van der Waals surface area contributed by atoms with Crippen molar-refractivity contribution in [2.45, 2.75) is 351 Å². The van der Waals surface area contributed by atoms with E-state index in [1.165, 1.54) is 221 Å². The molecule has 9 fully saturated rings. The van der Waals surface area contributed by atoms with Gasteiger partial charge in [0.2, 0.25) is 5.71 Å². The minimum absolute atomic E-state index is 0.0916. The number of aryl methyl sites for hydroxylation is 6. The summed E-state index contributed by atoms with van der Waals surface area (Å²) in [6, 6.07) is 76.5. The minimum atomic E-state index is 0.0916. The summed E-state index contributed by atoms with van der Waals surface area (Å²) in [6.45, 7) is 56.0. The molecule has 740 valence electrons. The fraction of sp³-hybridized carbons (Fsp3) is 0.473. The summed E-state index contributed by atoms with van der Waals surface area (Å²) in [4.78, 5) is 34.1. The Labute approximate surface area is 846 Å². The number of aromatic nitrogens is 4. The molecule has 15 aromatic rings. The maximum atomic E-state index is 6.45. The molecule has 13 heterocycles. The number of hydrogen-bond acceptors (Lipinski definition) is 13. The Bertz CT molecular complexity index is 7060. The Morgan fingerprint density at radius 3 is 1.11 bits per heavy atom. The lowest BCUT2D eigenvalue weighted by Crippen LogP contribution is -2.60. The van der Waals surface area contributed by atoms with Crippen LogP contribution in [0.2, 0.25) is 0 Å². The van der Waals surface area contributed by atoms with Gasteiger partial charge in [0, 0.05) is 160 Å². The molecule has 7 aromatic heterocycles. The van der Waals surface area contributed by atoms with Gasteiger partial charge in [-0.15, -0.1) is 0 Å². The van der Waals surface area contributed by atoms with Gasteiger partial charge in [-0.2, -0.15) is 0 Å². The minimum Gasteiger partial charge on any atom is -0.454 e. The largest absolute Gasteiger partial charge is 0.454 e. The first kappa shape index (κ1) is 96.7. The quantitative estimate of drug-likeness (QED) is 0.158. The number of fused-ring (bicyclic) bond motifs is 13. The van der Waals surface area contributed by atoms with E-state index in [1.807, 2.05) is 36.8 Å². The van der Waals surface area contributed by atoms with Crippen LogP contribution in [0.4, 0.5) is 51.6 Å². The van der Waals surface area contributed by atoms with E-state index < -0.39 is 0 Å². The Morgan fingerprint density at radius 1 is 0.289 bits per heavy atom. The van der Waals surface area contributed by atoms with E-state index >= 15 is 0 Å². The van der Waals surface area contributed by atoms with Crippen molar-refractivity contribution in [2.75, 3.05) is 29.4 Å². The van der Waals surface area contributed by atoms with E-state index in [4.69, 9.17) is 23.2 Å². The fourth-order valence-electron chi connectivity index (χ4n) is 31.5. The van der Waals surface area contributed by atoms with Gasteiger partial charge in [0.15, 0.2) is 16.7 Å². The smallest absolute Gasteiger partial charge is 0.227 e. The van der Waals surface area contributed by atoms with Gasteiger partial charge in [0.1, 0.15) is 28.6 Å². The number of rotatable bonds is 6. The Kier molecular flexibility index (Phi) is 24.6. The molecule has 6 saturated carbocycles. The third kappa shape index (κ3) is 15.7. The predicted octanol–water partition coefficient (Wildman–Crippen LogP) is 34.2. The van der Waals surface area contributed by atoms with Crippen LogP contribution in [0.3, 0.4) is 0 Å². The van der Waals surface area contributed by atoms with Crippen molar-refractivity contribution in [3.63, 3.8) is 0 Å². The van der Waals surface area contributed by atoms with E-state index in [-0.39, 0.29) is 32.9 Å². The van der Waals surface area contributed by atoms with Gasteiger partial charge in [0.05, 0.1) is 17.1 Å². The van der Waals surface area contributed by atoms with Crippen LogP contribution in [-0.4, -0.2) is 72.8 Å². The number of para-hydroxylation sites is 5. The highest BCUT2D eigenvalue weighted by molar-refractivity contribution is 6.12. The van der Waals surface area contributed by atoms with E-state index in [0.717, 1.165) is 80.3 Å². The van der Waals surface area contributed by atoms with Gasteiger partial charge in [0.25, 0.3) is 0 Å². The predicted molar refractivity (Wildman–Crippen MR) is 596 cm³/mol. The number of nitrogens with zero attached hydrogens (tertiary/aromatic N) is 10. The molecule has 0 N–H and O–H groups in total. The lowest BCUT2D eigenvalue weighted by molar-refractivity contribution is -0.0654. The summed E-state index contributed by atoms with van der Waals surface area (Å²) < 4.78 is 19.0. The topological polar surface area (TPSA) is 110 Å². The second kappa shape index (κ2) is 36.1. The van der Waals surface area contributed by atoms with Gasteiger partial charge in [-0.05, 0) is 336 Å². The lowest BCUT2D eigenvalue weighted by Gasteiger charge is -2.62. The van der Waals surface area contributed by atoms with Gasteiger partial charge in [-0.25, -0.2) is 19.9 Å². The van der Waals surface area contributed by atoms with Gasteiger partial charge in [-0.1, -0.05) is 226 Å². The summed E-state index contributed by atoms with van der Waals surface area (Å²) in [6.07, 6.45) is 32.2. The first-order chi connectivity index (χ1) is 67.8. The van der Waals surface area contributed by atoms with Crippen LogP contribution in [0.25, 0.3) is 65.9 Å². The van der Waals surface area contributed by atoms with E-state index in [1.54, 1.807) is 11.8 Å². The SMILES string of the molecule is Cc1ccc2c(oc3ccccc32)c1N1C(C)C(C)(C)CC1(C)C.Cc1ccc2c(oc3ccccc32)c1N1C(C)C2(CCCCC2)CC1(C)C.Cc1ccc2c(oc3ncccc32)c1N1C(C)C(C)(C)CC1(C)C.Cc1ccccc1N1c2ncccc2C(C)(C)C1C.Cc1ccccc1N1c2ncccc2C2(C3CC4CC(C3)CC2C4)C1C.Cc1ccccc1N1c2ncccc2C2(CCCCC2)C1C. The van der Waals surface area contributed by atoms with E-state index in [9.17, 15) is 0 Å². The zero-order valence-electron chi connectivity index (χ0n) is 89.6. The van der Waals surface area contributed by atoms with Crippen molar-refractivity contribution in [1.82, 2.24) is 19.9 Å². The maximum Gasteiger partial charge on any atom is 0.227 e. The van der Waals surface area contributed by atoms with Crippen LogP contribution in [0.15, 0.2) is 244 Å². The van der Waals surface area contributed by atoms with Crippen molar-refractivity contribution in [3.05, 3.63) is 281 Å². The molecule has 0 amide bonds. The van der Waals surface area contributed by atoms with E-state index in [2.05, 4.69) is 394 Å². The molecule has 142 heavy (non-hydrogen) atoms. The average Bonchev–Trinajstić information content (AvgIpc) is 1.50. The molecule has 27 rings (SSSR count). The Hall–Kier alpha value is -11.4. The Morgan fingerprint density at radius 2 is 0.648 bits per heavy atom. The van der Waals surface area contributed by atoms with Crippen LogP contribution < -0.4 is 29.4 Å². The highest BCUT2D eigenvalue weighted by Crippen LogP contribution is 2.70. The lowest BCUT2D eigenvalue weighted by atomic mass is 9.43. The van der Waals surface area contributed by atoms with Crippen LogP contribution in [0.5, 0.6) is 0 Å². The molecule has 8 aromatic carbocycles. The number of furan rings is 3. The van der Waals surface area contributed by atoms with Gasteiger partial charge >= 0.3 is 0 Å². The molecule has 3 spiro atoms. The highest BCUT2D eigenvalue weighted by atomic mass is 16.3. The molecule has 6 unspecified atom stereocenters. The number of benzene rings is 8. The summed E-state index contributed by atoms with van der Waals surface area (Å²) in [7, 11) is 0. The van der Waals surface area contributed by atoms with Gasteiger partial charge < -0.3 is 42.7 Å². The van der Waals surface area contributed by atoms with Gasteiger partial charge in [-0.3, -0.25) is 0 Å². The summed E-state index contributed by atoms with van der Waals surface area (Å²) >= 11 is 0. The molecular formula is C129H156N10O3. The summed E-state index contributed by atoms with van der Waals surface area (Å²) in [5.41, 5.74) is 27.9. The normalized spacial score (nSPS) is 25.8. The molecule has 6 atom stereocenters. The second-order valence-electron chi connectivity index (χ2n) is 49.3. The zero-order chi connectivity index (χ0) is 99.6. The molecule has 6 aliphatic carbocycles. The molecule has 12 aliphatic rings. The average molecular weight is 1890 g/mol. The molecule has 0 radical (unpaired) electrons. The monoisotopic (exact) mass is 1890 g/mol. The first-order valence-electron chi connectivity index (χ1n) is 54.2. The maximum absolute atomic E-state index is 6.45. The van der Waals surface area contributed by atoms with Crippen LogP contribution >= 0.6 is 0 Å². The number of pyridine rings is 4. The molecular weight excluding hydrogens is 1740 g/mol. The van der Waals surface area contributed by atoms with Crippen LogP contribution in [-0.2, 0) is 16.2 Å². The molecule has 13 nitrogen and oxygen atoms in total. The van der Waals surface area contributed by atoms with E-state index in [0.29, 0.717) is 52.5 Å². The van der Waals surface area contributed by atoms with Crippen LogP contribution in [0.1, 0.15) is 290 Å². The Balaban J connectivity index is 0.000000101. The molecule has 13 heteroatoms. The van der Waals surface area contributed by atoms with Crippen molar-refractivity contribution < 1.29 is 13.3 Å². The third-order valence-electron chi connectivity index (χ3n) is 38.2. The van der Waals surface area contributed by atoms with Crippen LogP contribution in [0, 0.1) is 81.5 Å². The molecule has 4 bridgehead atoms. The second-order valence-corrected chi connectivity index (χ2v) is 49.3. The summed E-state index contributed by atoms with van der Waals surface area (Å²) in [5.74, 6) is 7.24.